The van der Waals surface area contributed by atoms with Gasteiger partial charge in [0.15, 0.2) is 18.1 Å². The lowest BCUT2D eigenvalue weighted by atomic mass is 9.94. The summed E-state index contributed by atoms with van der Waals surface area (Å²) in [7, 11) is 1.48. The van der Waals surface area contributed by atoms with E-state index < -0.39 is 11.9 Å². The zero-order valence-corrected chi connectivity index (χ0v) is 14.8. The van der Waals surface area contributed by atoms with Crippen LogP contribution in [-0.4, -0.2) is 43.6 Å². The first kappa shape index (κ1) is 19.8. The number of carbonyl (C=O) groups is 2. The Kier molecular flexibility index (Phi) is 8.09. The fourth-order valence-corrected chi connectivity index (χ4v) is 2.54. The van der Waals surface area contributed by atoms with Crippen molar-refractivity contribution in [2.45, 2.75) is 39.5 Å². The maximum atomic E-state index is 12.0. The third kappa shape index (κ3) is 5.15. The Morgan fingerprint density at radius 3 is 2.33 bits per heavy atom. The molecule has 134 valence electrons. The molecule has 0 heterocycles. The average Bonchev–Trinajstić information content (AvgIpc) is 2.58. The number of carboxylic acids is 1. The highest BCUT2D eigenvalue weighted by molar-refractivity contribution is 5.78. The number of hydrogen-bond donors (Lipinski definition) is 0. The fourth-order valence-electron chi connectivity index (χ4n) is 2.54. The van der Waals surface area contributed by atoms with E-state index in [4.69, 9.17) is 9.47 Å². The van der Waals surface area contributed by atoms with Crippen molar-refractivity contribution in [3.8, 4) is 11.5 Å². The third-order valence-corrected chi connectivity index (χ3v) is 3.92. The number of nitrogens with zero attached hydrogens (tertiary/aromatic N) is 1. The molecule has 0 N–H and O–H groups in total. The minimum absolute atomic E-state index is 0.0870. The first-order chi connectivity index (χ1) is 11.5. The molecular weight excluding hydrogens is 310 g/mol. The van der Waals surface area contributed by atoms with Gasteiger partial charge in [-0.25, -0.2) is 0 Å². The van der Waals surface area contributed by atoms with E-state index in [1.807, 2.05) is 20.8 Å². The number of aliphatic carboxylic acids is 1. The fraction of sp³-hybridized carbons (Fsp3) is 0.556. The first-order valence-electron chi connectivity index (χ1n) is 8.27. The van der Waals surface area contributed by atoms with Crippen LogP contribution in [0.15, 0.2) is 18.2 Å². The van der Waals surface area contributed by atoms with Gasteiger partial charge in [0.1, 0.15) is 0 Å². The molecule has 1 unspecified atom stereocenters. The standard InChI is InChI=1S/C18H27NO5/c1-5-8-14(18(21)22)13-9-10-15(16(11-13)23-4)24-12-17(20)19(6-2)7-3/h9-11,14H,5-8,12H2,1-4H3,(H,21,22)/p-1. The molecule has 0 aliphatic heterocycles. The molecule has 0 radical (unpaired) electrons. The highest BCUT2D eigenvalue weighted by atomic mass is 16.5. The van der Waals surface area contributed by atoms with Crippen molar-refractivity contribution in [1.29, 1.82) is 0 Å². The summed E-state index contributed by atoms with van der Waals surface area (Å²) in [6, 6.07) is 4.94. The number of likely N-dealkylation sites (N-methyl/N-ethyl adjacent to an activating group) is 1. The Labute approximate surface area is 143 Å². The molecule has 1 amide bonds. The zero-order valence-electron chi connectivity index (χ0n) is 14.8. The molecule has 0 aromatic heterocycles. The summed E-state index contributed by atoms with van der Waals surface area (Å²) in [6.45, 7) is 6.90. The van der Waals surface area contributed by atoms with Gasteiger partial charge in [-0.2, -0.15) is 0 Å². The Bertz CT molecular complexity index is 554. The van der Waals surface area contributed by atoms with Crippen molar-refractivity contribution in [3.05, 3.63) is 23.8 Å². The Hall–Kier alpha value is -2.24. The van der Waals surface area contributed by atoms with Crippen LogP contribution < -0.4 is 14.6 Å². The third-order valence-electron chi connectivity index (χ3n) is 3.92. The van der Waals surface area contributed by atoms with E-state index in [1.54, 1.807) is 23.1 Å². The molecule has 6 nitrogen and oxygen atoms in total. The van der Waals surface area contributed by atoms with Crippen molar-refractivity contribution in [1.82, 2.24) is 4.90 Å². The SMILES string of the molecule is CCCC(C(=O)[O-])c1ccc(OCC(=O)N(CC)CC)c(OC)c1. The highest BCUT2D eigenvalue weighted by Gasteiger charge is 2.16. The quantitative estimate of drug-likeness (QED) is 0.648. The van der Waals surface area contributed by atoms with Crippen LogP contribution >= 0.6 is 0 Å². The van der Waals surface area contributed by atoms with E-state index in [9.17, 15) is 14.7 Å². The van der Waals surface area contributed by atoms with Crippen molar-refractivity contribution in [2.75, 3.05) is 26.8 Å². The van der Waals surface area contributed by atoms with E-state index in [1.165, 1.54) is 7.11 Å². The number of hydrogen-bond acceptors (Lipinski definition) is 5. The normalized spacial score (nSPS) is 11.7. The monoisotopic (exact) mass is 336 g/mol. The molecule has 1 atom stereocenters. The summed E-state index contributed by atoms with van der Waals surface area (Å²) in [6.07, 6.45) is 1.23. The lowest BCUT2D eigenvalue weighted by molar-refractivity contribution is -0.308. The van der Waals surface area contributed by atoms with Gasteiger partial charge < -0.3 is 24.3 Å². The molecule has 1 aromatic rings. The summed E-state index contributed by atoms with van der Waals surface area (Å²) in [5.41, 5.74) is 0.608. The zero-order chi connectivity index (χ0) is 18.1. The van der Waals surface area contributed by atoms with Gasteiger partial charge in [-0.1, -0.05) is 19.4 Å². The van der Waals surface area contributed by atoms with Crippen molar-refractivity contribution in [2.24, 2.45) is 0 Å². The summed E-state index contributed by atoms with van der Waals surface area (Å²) in [5, 5.41) is 11.3. The van der Waals surface area contributed by atoms with E-state index in [0.29, 0.717) is 36.6 Å². The van der Waals surface area contributed by atoms with Gasteiger partial charge in [-0.3, -0.25) is 4.79 Å². The molecule has 0 spiro atoms. The highest BCUT2D eigenvalue weighted by Crippen LogP contribution is 2.32. The van der Waals surface area contributed by atoms with Gasteiger partial charge in [0.05, 0.1) is 7.11 Å². The molecular formula is C18H26NO5-. The van der Waals surface area contributed by atoms with E-state index >= 15 is 0 Å². The molecule has 0 fully saturated rings. The minimum Gasteiger partial charge on any atom is -0.549 e. The van der Waals surface area contributed by atoms with Crippen LogP contribution in [0.5, 0.6) is 11.5 Å². The van der Waals surface area contributed by atoms with Gasteiger partial charge in [-0.05, 0) is 38.0 Å². The van der Waals surface area contributed by atoms with Crippen LogP contribution in [0.4, 0.5) is 0 Å². The molecule has 0 aliphatic rings. The molecule has 0 bridgehead atoms. The second-order valence-electron chi connectivity index (χ2n) is 5.43. The number of ether oxygens (including phenoxy) is 2. The smallest absolute Gasteiger partial charge is 0.260 e. The maximum Gasteiger partial charge on any atom is 0.260 e. The van der Waals surface area contributed by atoms with Crippen LogP contribution in [0.3, 0.4) is 0 Å². The minimum atomic E-state index is -1.11. The Morgan fingerprint density at radius 1 is 1.17 bits per heavy atom. The summed E-state index contributed by atoms with van der Waals surface area (Å²) in [4.78, 5) is 25.0. The molecule has 0 aliphatic carbocycles. The molecule has 1 rings (SSSR count). The lowest BCUT2D eigenvalue weighted by Crippen LogP contribution is -2.34. The number of carbonyl (C=O) groups excluding carboxylic acids is 2. The molecule has 24 heavy (non-hydrogen) atoms. The van der Waals surface area contributed by atoms with Crippen LogP contribution in [0.25, 0.3) is 0 Å². The van der Waals surface area contributed by atoms with Crippen molar-refractivity contribution >= 4 is 11.9 Å². The largest absolute Gasteiger partial charge is 0.549 e. The number of methoxy groups -OCH3 is 1. The number of benzene rings is 1. The van der Waals surface area contributed by atoms with Crippen LogP contribution in [-0.2, 0) is 9.59 Å². The van der Waals surface area contributed by atoms with Gasteiger partial charge in [0, 0.05) is 25.0 Å². The average molecular weight is 336 g/mol. The van der Waals surface area contributed by atoms with E-state index in [0.717, 1.165) is 6.42 Å². The van der Waals surface area contributed by atoms with Crippen LogP contribution in [0.2, 0.25) is 0 Å². The Morgan fingerprint density at radius 2 is 1.83 bits per heavy atom. The lowest BCUT2D eigenvalue weighted by Gasteiger charge is -2.21. The number of carboxylic acid groups (broad SMARTS) is 1. The predicted octanol–water partition coefficient (Wildman–Crippen LogP) is 1.58. The summed E-state index contributed by atoms with van der Waals surface area (Å²) >= 11 is 0. The van der Waals surface area contributed by atoms with E-state index in [2.05, 4.69) is 0 Å². The second-order valence-corrected chi connectivity index (χ2v) is 5.43. The first-order valence-corrected chi connectivity index (χ1v) is 8.27. The van der Waals surface area contributed by atoms with Gasteiger partial charge in [-0.15, -0.1) is 0 Å². The number of rotatable bonds is 10. The Balaban J connectivity index is 2.90. The topological polar surface area (TPSA) is 78.9 Å². The van der Waals surface area contributed by atoms with Gasteiger partial charge in [0.25, 0.3) is 5.91 Å². The van der Waals surface area contributed by atoms with Crippen LogP contribution in [0.1, 0.15) is 45.1 Å². The van der Waals surface area contributed by atoms with Gasteiger partial charge in [0.2, 0.25) is 0 Å². The van der Waals surface area contributed by atoms with Gasteiger partial charge >= 0.3 is 0 Å². The molecule has 0 saturated carbocycles. The van der Waals surface area contributed by atoms with Crippen molar-refractivity contribution < 1.29 is 24.2 Å². The maximum absolute atomic E-state index is 12.0. The van der Waals surface area contributed by atoms with Crippen LogP contribution in [0, 0.1) is 0 Å². The summed E-state index contributed by atoms with van der Waals surface area (Å²) < 4.78 is 10.8. The molecule has 0 saturated heterocycles. The summed E-state index contributed by atoms with van der Waals surface area (Å²) in [5.74, 6) is -1.08. The van der Waals surface area contributed by atoms with E-state index in [-0.39, 0.29) is 12.5 Å². The second kappa shape index (κ2) is 9.80. The van der Waals surface area contributed by atoms with Crippen molar-refractivity contribution in [3.63, 3.8) is 0 Å². The molecule has 1 aromatic carbocycles. The predicted molar refractivity (Wildman–Crippen MR) is 89.1 cm³/mol. The number of amides is 1. The molecule has 6 heteroatoms.